The second-order valence-corrected chi connectivity index (χ2v) is 9.91. The number of aryl methyl sites for hydroxylation is 1. The van der Waals surface area contributed by atoms with Crippen LogP contribution in [0.4, 0.5) is 5.69 Å². The van der Waals surface area contributed by atoms with Gasteiger partial charge in [-0.2, -0.15) is 9.29 Å². The summed E-state index contributed by atoms with van der Waals surface area (Å²) in [4.78, 5) is 17.7. The first-order valence-corrected chi connectivity index (χ1v) is 12.5. The smallest absolute Gasteiger partial charge is 0.243 e. The first-order valence-electron chi connectivity index (χ1n) is 9.81. The number of rotatable bonds is 10. The molecule has 0 unspecified atom stereocenters. The zero-order valence-electron chi connectivity index (χ0n) is 17.2. The average Bonchev–Trinajstić information content (AvgIpc) is 3.42. The van der Waals surface area contributed by atoms with Crippen LogP contribution in [0.25, 0.3) is 10.7 Å². The Bertz CT molecular complexity index is 1130. The molecule has 0 saturated heterocycles. The third-order valence-electron chi connectivity index (χ3n) is 4.56. The molecule has 1 aromatic carbocycles. The maximum Gasteiger partial charge on any atom is 0.243 e. The van der Waals surface area contributed by atoms with Crippen molar-refractivity contribution >= 4 is 44.6 Å². The van der Waals surface area contributed by atoms with Crippen molar-refractivity contribution in [2.75, 3.05) is 18.4 Å². The third kappa shape index (κ3) is 5.70. The Morgan fingerprint density at radius 2 is 2.03 bits per heavy atom. The fourth-order valence-electron chi connectivity index (χ4n) is 2.95. The van der Waals surface area contributed by atoms with Gasteiger partial charge in [-0.1, -0.05) is 36.7 Å². The van der Waals surface area contributed by atoms with Gasteiger partial charge in [0.05, 0.1) is 20.5 Å². The van der Waals surface area contributed by atoms with Gasteiger partial charge in [-0.3, -0.25) is 4.79 Å². The summed E-state index contributed by atoms with van der Waals surface area (Å²) in [5.41, 5.74) is 0.262. The molecule has 0 spiro atoms. The van der Waals surface area contributed by atoms with Crippen LogP contribution in [0, 0.1) is 0 Å². The van der Waals surface area contributed by atoms with E-state index >= 15 is 0 Å². The predicted molar refractivity (Wildman–Crippen MR) is 121 cm³/mol. The van der Waals surface area contributed by atoms with Crippen molar-refractivity contribution in [1.82, 2.24) is 14.4 Å². The highest BCUT2D eigenvalue weighted by molar-refractivity contribution is 7.89. The highest BCUT2D eigenvalue weighted by Crippen LogP contribution is 2.27. The van der Waals surface area contributed by atoms with E-state index in [2.05, 4.69) is 15.5 Å². The summed E-state index contributed by atoms with van der Waals surface area (Å²) in [5, 5.41) is 8.84. The summed E-state index contributed by atoms with van der Waals surface area (Å²) in [5.74, 6) is 0.714. The van der Waals surface area contributed by atoms with Crippen LogP contribution in [-0.2, 0) is 21.2 Å². The molecular weight excluding hydrogens is 460 g/mol. The number of carbonyl (C=O) groups excluding carboxylic acids is 1. The van der Waals surface area contributed by atoms with Gasteiger partial charge in [0.1, 0.15) is 0 Å². The first-order chi connectivity index (χ1) is 14.8. The van der Waals surface area contributed by atoms with Crippen molar-refractivity contribution < 1.29 is 17.7 Å². The van der Waals surface area contributed by atoms with E-state index in [1.807, 2.05) is 17.5 Å². The molecule has 31 heavy (non-hydrogen) atoms. The van der Waals surface area contributed by atoms with Crippen LogP contribution in [0.1, 0.15) is 32.6 Å². The molecule has 0 aliphatic carbocycles. The van der Waals surface area contributed by atoms with E-state index in [0.29, 0.717) is 37.6 Å². The van der Waals surface area contributed by atoms with Crippen molar-refractivity contribution in [1.29, 1.82) is 0 Å². The second-order valence-electron chi connectivity index (χ2n) is 6.62. The maximum absolute atomic E-state index is 12.7. The Labute approximate surface area is 190 Å². The predicted octanol–water partition coefficient (Wildman–Crippen LogP) is 4.44. The molecule has 0 atom stereocenters. The number of amides is 1. The molecule has 3 rings (SSSR count). The van der Waals surface area contributed by atoms with Crippen molar-refractivity contribution in [2.24, 2.45) is 0 Å². The molecule has 8 nitrogen and oxygen atoms in total. The molecule has 3 aromatic rings. The molecule has 0 aliphatic rings. The van der Waals surface area contributed by atoms with E-state index in [0.717, 1.165) is 4.88 Å². The van der Waals surface area contributed by atoms with Crippen molar-refractivity contribution in [3.8, 4) is 10.7 Å². The zero-order valence-corrected chi connectivity index (χ0v) is 19.6. The Hall–Kier alpha value is -2.27. The number of carbonyl (C=O) groups is 1. The fourth-order valence-corrected chi connectivity index (χ4v) is 5.25. The minimum absolute atomic E-state index is 0.0860. The highest BCUT2D eigenvalue weighted by atomic mass is 35.5. The molecule has 1 amide bonds. The SMILES string of the molecule is CCN(CC)S(=O)(=O)c1ccc(Cl)c(NC(=O)CCCc2nc(-c3cccs3)no2)c1. The normalized spacial score (nSPS) is 11.7. The van der Waals surface area contributed by atoms with Gasteiger partial charge in [0.25, 0.3) is 0 Å². The maximum atomic E-state index is 12.7. The van der Waals surface area contributed by atoms with Gasteiger partial charge < -0.3 is 9.84 Å². The van der Waals surface area contributed by atoms with E-state index in [4.69, 9.17) is 16.1 Å². The number of nitrogens with zero attached hydrogens (tertiary/aromatic N) is 3. The lowest BCUT2D eigenvalue weighted by atomic mass is 10.2. The van der Waals surface area contributed by atoms with E-state index < -0.39 is 10.0 Å². The molecule has 2 aromatic heterocycles. The molecule has 0 fully saturated rings. The second kappa shape index (κ2) is 10.4. The number of thiophene rings is 1. The summed E-state index contributed by atoms with van der Waals surface area (Å²) < 4.78 is 32.0. The number of benzene rings is 1. The molecule has 0 saturated carbocycles. The Morgan fingerprint density at radius 3 is 2.71 bits per heavy atom. The van der Waals surface area contributed by atoms with Gasteiger partial charge in [0, 0.05) is 25.9 Å². The first kappa shape index (κ1) is 23.4. The Morgan fingerprint density at radius 1 is 1.26 bits per heavy atom. The number of anilines is 1. The minimum atomic E-state index is -3.65. The highest BCUT2D eigenvalue weighted by Gasteiger charge is 2.23. The number of aromatic nitrogens is 2. The summed E-state index contributed by atoms with van der Waals surface area (Å²) in [6.07, 6.45) is 1.14. The van der Waals surface area contributed by atoms with Gasteiger partial charge in [-0.25, -0.2) is 8.42 Å². The lowest BCUT2D eigenvalue weighted by molar-refractivity contribution is -0.116. The Balaban J connectivity index is 1.59. The quantitative estimate of drug-likeness (QED) is 0.457. The molecule has 11 heteroatoms. The summed E-state index contributed by atoms with van der Waals surface area (Å²) in [6.45, 7) is 4.25. The summed E-state index contributed by atoms with van der Waals surface area (Å²) in [7, 11) is -3.65. The van der Waals surface area contributed by atoms with Crippen LogP contribution in [0.15, 0.2) is 45.1 Å². The molecule has 166 valence electrons. The van der Waals surface area contributed by atoms with Crippen molar-refractivity contribution in [3.63, 3.8) is 0 Å². The number of hydrogen-bond acceptors (Lipinski definition) is 7. The topological polar surface area (TPSA) is 105 Å². The van der Waals surface area contributed by atoms with Gasteiger partial charge in [-0.15, -0.1) is 11.3 Å². The Kier molecular flexibility index (Phi) is 7.82. The molecule has 0 aliphatic heterocycles. The minimum Gasteiger partial charge on any atom is -0.339 e. The molecule has 0 radical (unpaired) electrons. The van der Waals surface area contributed by atoms with E-state index in [1.54, 1.807) is 13.8 Å². The number of nitrogens with one attached hydrogen (secondary N) is 1. The largest absolute Gasteiger partial charge is 0.339 e. The standard InChI is InChI=1S/C20H23ClN4O4S2/c1-3-25(4-2)31(27,28)14-10-11-15(21)16(13-14)22-18(26)8-5-9-19-23-20(24-29-19)17-7-6-12-30-17/h6-7,10-13H,3-5,8-9H2,1-2H3,(H,22,26). The lowest BCUT2D eigenvalue weighted by Crippen LogP contribution is -2.30. The zero-order chi connectivity index (χ0) is 22.4. The van der Waals surface area contributed by atoms with E-state index in [1.165, 1.54) is 33.8 Å². The fraction of sp³-hybridized carbons (Fsp3) is 0.350. The van der Waals surface area contributed by atoms with Gasteiger partial charge in [0.15, 0.2) is 0 Å². The number of halogens is 1. The van der Waals surface area contributed by atoms with Crippen molar-refractivity contribution in [2.45, 2.75) is 38.0 Å². The van der Waals surface area contributed by atoms with E-state index in [9.17, 15) is 13.2 Å². The molecule has 1 N–H and O–H groups in total. The lowest BCUT2D eigenvalue weighted by Gasteiger charge is -2.19. The third-order valence-corrected chi connectivity index (χ3v) is 7.80. The van der Waals surface area contributed by atoms with Crippen LogP contribution in [0.5, 0.6) is 0 Å². The van der Waals surface area contributed by atoms with Crippen LogP contribution >= 0.6 is 22.9 Å². The molecular formula is C20H23ClN4O4S2. The monoisotopic (exact) mass is 482 g/mol. The van der Waals surface area contributed by atoms with Gasteiger partial charge in [0.2, 0.25) is 27.6 Å². The average molecular weight is 483 g/mol. The molecule has 0 bridgehead atoms. The van der Waals surface area contributed by atoms with Crippen LogP contribution in [0.2, 0.25) is 5.02 Å². The number of sulfonamides is 1. The van der Waals surface area contributed by atoms with Crippen molar-refractivity contribution in [3.05, 3.63) is 46.6 Å². The van der Waals surface area contributed by atoms with Gasteiger partial charge >= 0.3 is 0 Å². The molecule has 2 heterocycles. The van der Waals surface area contributed by atoms with E-state index in [-0.39, 0.29) is 27.9 Å². The van der Waals surface area contributed by atoms with Crippen LogP contribution in [-0.4, -0.2) is 41.9 Å². The number of hydrogen-bond donors (Lipinski definition) is 1. The summed E-state index contributed by atoms with van der Waals surface area (Å²) in [6, 6.07) is 8.11. The van der Waals surface area contributed by atoms with Gasteiger partial charge in [-0.05, 0) is 36.1 Å². The van der Waals surface area contributed by atoms with Crippen LogP contribution < -0.4 is 5.32 Å². The summed E-state index contributed by atoms with van der Waals surface area (Å²) >= 11 is 7.68. The van der Waals surface area contributed by atoms with Crippen LogP contribution in [0.3, 0.4) is 0 Å².